The van der Waals surface area contributed by atoms with Crippen molar-refractivity contribution in [3.63, 3.8) is 0 Å². The first-order valence-electron chi connectivity index (χ1n) is 10.6. The van der Waals surface area contributed by atoms with E-state index < -0.39 is 0 Å². The summed E-state index contributed by atoms with van der Waals surface area (Å²) in [4.78, 5) is 13.3. The third-order valence-corrected chi connectivity index (χ3v) is 6.20. The van der Waals surface area contributed by atoms with Crippen LogP contribution in [0.5, 0.6) is 11.5 Å². The van der Waals surface area contributed by atoms with Crippen LogP contribution in [0, 0.1) is 0 Å². The molecule has 0 aliphatic carbocycles. The van der Waals surface area contributed by atoms with Crippen molar-refractivity contribution in [1.29, 1.82) is 0 Å². The monoisotopic (exact) mass is 458 g/mol. The molecule has 0 fully saturated rings. The fourth-order valence-corrected chi connectivity index (χ4v) is 4.52. The predicted molar refractivity (Wildman–Crippen MR) is 130 cm³/mol. The third kappa shape index (κ3) is 4.17. The van der Waals surface area contributed by atoms with Crippen molar-refractivity contribution in [2.45, 2.75) is 11.7 Å². The Bertz CT molecular complexity index is 1460. The van der Waals surface area contributed by atoms with E-state index in [1.165, 1.54) is 11.8 Å². The Morgan fingerprint density at radius 3 is 2.42 bits per heavy atom. The third-order valence-electron chi connectivity index (χ3n) is 5.30. The minimum Gasteiger partial charge on any atom is -0.493 e. The quantitative estimate of drug-likeness (QED) is 0.255. The van der Waals surface area contributed by atoms with Gasteiger partial charge in [-0.2, -0.15) is 0 Å². The van der Waals surface area contributed by atoms with Gasteiger partial charge in [-0.1, -0.05) is 66.4 Å². The largest absolute Gasteiger partial charge is 0.493 e. The number of thioether (sulfide) groups is 1. The van der Waals surface area contributed by atoms with Crippen molar-refractivity contribution >= 4 is 28.4 Å². The Balaban J connectivity index is 1.46. The number of aromatic nitrogens is 4. The van der Waals surface area contributed by atoms with Crippen LogP contribution in [0.4, 0.5) is 0 Å². The molecule has 33 heavy (non-hydrogen) atoms. The fourth-order valence-electron chi connectivity index (χ4n) is 3.76. The van der Waals surface area contributed by atoms with Crippen LogP contribution in [-0.2, 0) is 6.54 Å². The molecule has 8 heteroatoms. The van der Waals surface area contributed by atoms with Gasteiger partial charge >= 0.3 is 0 Å². The van der Waals surface area contributed by atoms with Crippen molar-refractivity contribution in [3.8, 4) is 11.5 Å². The molecule has 0 spiro atoms. The SMILES string of the molecule is COc1ccccc1OCCSc1nnc2n(Cc3ccccc3)c(=O)c3ccccc3n12. The standard InChI is InChI=1S/C25H22N4O3S/c1-31-21-13-7-8-14-22(21)32-15-16-33-25-27-26-24-28(17-18-9-3-2-4-10-18)23(30)19-11-5-6-12-20(19)29(24)25/h2-14H,15-17H2,1H3. The molecule has 0 unspecified atom stereocenters. The molecule has 166 valence electrons. The molecular weight excluding hydrogens is 436 g/mol. The van der Waals surface area contributed by atoms with Gasteiger partial charge in [-0.25, -0.2) is 0 Å². The van der Waals surface area contributed by atoms with Gasteiger partial charge in [-0.3, -0.25) is 13.8 Å². The van der Waals surface area contributed by atoms with Gasteiger partial charge in [0.2, 0.25) is 5.78 Å². The molecule has 0 bridgehead atoms. The molecular formula is C25H22N4O3S. The summed E-state index contributed by atoms with van der Waals surface area (Å²) >= 11 is 1.53. The van der Waals surface area contributed by atoms with Crippen molar-refractivity contribution in [1.82, 2.24) is 19.2 Å². The van der Waals surface area contributed by atoms with E-state index >= 15 is 0 Å². The maximum atomic E-state index is 13.3. The van der Waals surface area contributed by atoms with E-state index in [0.717, 1.165) is 11.1 Å². The number of fused-ring (bicyclic) bond motifs is 3. The topological polar surface area (TPSA) is 70.7 Å². The van der Waals surface area contributed by atoms with E-state index in [1.54, 1.807) is 11.7 Å². The highest BCUT2D eigenvalue weighted by Gasteiger charge is 2.17. The van der Waals surface area contributed by atoms with Crippen LogP contribution in [0.15, 0.2) is 88.8 Å². The van der Waals surface area contributed by atoms with Crippen molar-refractivity contribution < 1.29 is 9.47 Å². The lowest BCUT2D eigenvalue weighted by Crippen LogP contribution is -2.24. The molecule has 0 amide bonds. The molecule has 2 heterocycles. The van der Waals surface area contributed by atoms with Gasteiger partial charge < -0.3 is 9.47 Å². The predicted octanol–water partition coefficient (Wildman–Crippen LogP) is 4.27. The zero-order valence-electron chi connectivity index (χ0n) is 18.0. The van der Waals surface area contributed by atoms with Crippen LogP contribution in [0.25, 0.3) is 16.7 Å². The molecule has 0 N–H and O–H groups in total. The Morgan fingerprint density at radius 2 is 1.61 bits per heavy atom. The number of hydrogen-bond acceptors (Lipinski definition) is 6. The summed E-state index contributed by atoms with van der Waals surface area (Å²) in [5.41, 5.74) is 1.74. The van der Waals surface area contributed by atoms with Crippen LogP contribution in [0.1, 0.15) is 5.56 Å². The van der Waals surface area contributed by atoms with Crippen LogP contribution in [0.3, 0.4) is 0 Å². The van der Waals surface area contributed by atoms with E-state index in [1.807, 2.05) is 83.3 Å². The van der Waals surface area contributed by atoms with E-state index in [2.05, 4.69) is 10.2 Å². The van der Waals surface area contributed by atoms with Crippen molar-refractivity contribution in [3.05, 3.63) is 94.8 Å². The van der Waals surface area contributed by atoms with Crippen LogP contribution in [0.2, 0.25) is 0 Å². The molecule has 0 aliphatic heterocycles. The van der Waals surface area contributed by atoms with Crippen molar-refractivity contribution in [2.75, 3.05) is 19.5 Å². The summed E-state index contributed by atoms with van der Waals surface area (Å²) in [6, 6.07) is 25.0. The molecule has 2 aromatic heterocycles. The van der Waals surface area contributed by atoms with Gasteiger partial charge in [0.15, 0.2) is 16.7 Å². The molecule has 0 saturated heterocycles. The average Bonchev–Trinajstić information content (AvgIpc) is 3.29. The lowest BCUT2D eigenvalue weighted by Gasteiger charge is -2.12. The molecule has 0 atom stereocenters. The van der Waals surface area contributed by atoms with Gasteiger partial charge in [0.1, 0.15) is 0 Å². The molecule has 0 aliphatic rings. The first-order valence-corrected chi connectivity index (χ1v) is 11.5. The fraction of sp³-hybridized carbons (Fsp3) is 0.160. The summed E-state index contributed by atoms with van der Waals surface area (Å²) in [5, 5.41) is 10.1. The van der Waals surface area contributed by atoms with E-state index in [4.69, 9.17) is 9.47 Å². The molecule has 0 saturated carbocycles. The Morgan fingerprint density at radius 1 is 0.879 bits per heavy atom. The number of ether oxygens (including phenoxy) is 2. The number of para-hydroxylation sites is 3. The van der Waals surface area contributed by atoms with Crippen LogP contribution >= 0.6 is 11.8 Å². The highest BCUT2D eigenvalue weighted by atomic mass is 32.2. The Hall–Kier alpha value is -3.78. The van der Waals surface area contributed by atoms with Gasteiger partial charge in [-0.15, -0.1) is 10.2 Å². The second-order valence-corrected chi connectivity index (χ2v) is 8.42. The van der Waals surface area contributed by atoms with Gasteiger partial charge in [-0.05, 0) is 29.8 Å². The minimum absolute atomic E-state index is 0.0783. The zero-order chi connectivity index (χ0) is 22.6. The highest BCUT2D eigenvalue weighted by molar-refractivity contribution is 7.99. The second-order valence-electron chi connectivity index (χ2n) is 7.36. The maximum Gasteiger partial charge on any atom is 0.263 e. The summed E-state index contributed by atoms with van der Waals surface area (Å²) in [6.45, 7) is 0.898. The molecule has 3 aromatic carbocycles. The first-order chi connectivity index (χ1) is 16.3. The summed E-state index contributed by atoms with van der Waals surface area (Å²) < 4.78 is 14.9. The average molecular weight is 459 g/mol. The van der Waals surface area contributed by atoms with Gasteiger partial charge in [0.25, 0.3) is 5.56 Å². The van der Waals surface area contributed by atoms with Crippen LogP contribution in [-0.4, -0.2) is 38.6 Å². The normalized spacial score (nSPS) is 11.2. The summed E-state index contributed by atoms with van der Waals surface area (Å²) in [5.74, 6) is 2.58. The Labute approximate surface area is 194 Å². The molecule has 7 nitrogen and oxygen atoms in total. The van der Waals surface area contributed by atoms with E-state index in [-0.39, 0.29) is 5.56 Å². The van der Waals surface area contributed by atoms with Crippen LogP contribution < -0.4 is 15.0 Å². The van der Waals surface area contributed by atoms with Gasteiger partial charge in [0, 0.05) is 5.75 Å². The molecule has 5 aromatic rings. The minimum atomic E-state index is -0.0783. The second kappa shape index (κ2) is 9.38. The maximum absolute atomic E-state index is 13.3. The summed E-state index contributed by atoms with van der Waals surface area (Å²) in [7, 11) is 1.62. The van der Waals surface area contributed by atoms with Crippen molar-refractivity contribution in [2.24, 2.45) is 0 Å². The smallest absolute Gasteiger partial charge is 0.263 e. The summed E-state index contributed by atoms with van der Waals surface area (Å²) in [6.07, 6.45) is 0. The van der Waals surface area contributed by atoms with Gasteiger partial charge in [0.05, 0.1) is 31.2 Å². The number of rotatable bonds is 8. The number of nitrogens with zero attached hydrogens (tertiary/aromatic N) is 4. The highest BCUT2D eigenvalue weighted by Crippen LogP contribution is 2.27. The Kier molecular flexibility index (Phi) is 5.99. The molecule has 0 radical (unpaired) electrons. The number of hydrogen-bond donors (Lipinski definition) is 0. The lowest BCUT2D eigenvalue weighted by molar-refractivity contribution is 0.313. The first kappa shape index (κ1) is 21.1. The number of benzene rings is 3. The van der Waals surface area contributed by atoms with E-state index in [0.29, 0.717) is 46.7 Å². The number of methoxy groups -OCH3 is 1. The zero-order valence-corrected chi connectivity index (χ0v) is 18.9. The molecule has 5 rings (SSSR count). The van der Waals surface area contributed by atoms with E-state index in [9.17, 15) is 4.79 Å². The lowest BCUT2D eigenvalue weighted by atomic mass is 10.2.